The van der Waals surface area contributed by atoms with Crippen molar-refractivity contribution in [2.24, 2.45) is 0 Å². The minimum absolute atomic E-state index is 0.0317. The van der Waals surface area contributed by atoms with Crippen LogP contribution in [0.4, 0.5) is 0 Å². The van der Waals surface area contributed by atoms with Gasteiger partial charge in [0.15, 0.2) is 5.76 Å². The first-order valence-corrected chi connectivity index (χ1v) is 9.08. The van der Waals surface area contributed by atoms with Crippen molar-refractivity contribution >= 4 is 17.2 Å². The fraction of sp³-hybridized carbons (Fsp3) is 0.278. The molecule has 1 aliphatic heterocycles. The van der Waals surface area contributed by atoms with E-state index in [1.54, 1.807) is 29.7 Å². The maximum atomic E-state index is 12.3. The van der Waals surface area contributed by atoms with Crippen molar-refractivity contribution in [1.82, 2.24) is 19.8 Å². The first kappa shape index (κ1) is 16.0. The average molecular weight is 354 g/mol. The summed E-state index contributed by atoms with van der Waals surface area (Å²) in [6, 6.07) is 9.30. The van der Waals surface area contributed by atoms with Crippen LogP contribution in [-0.4, -0.2) is 51.9 Å². The highest BCUT2D eigenvalue weighted by Gasteiger charge is 2.24. The second-order valence-electron chi connectivity index (χ2n) is 5.90. The maximum absolute atomic E-state index is 12.3. The number of nitrogens with zero attached hydrogens (tertiary/aromatic N) is 4. The molecule has 3 aromatic heterocycles. The molecule has 0 N–H and O–H groups in total. The van der Waals surface area contributed by atoms with E-state index in [9.17, 15) is 4.79 Å². The molecule has 0 spiro atoms. The molecule has 0 saturated carbocycles. The number of furan rings is 1. The predicted octanol–water partition coefficient (Wildman–Crippen LogP) is 2.76. The molecule has 7 heteroatoms. The molecule has 6 nitrogen and oxygen atoms in total. The molecular formula is C18H18N4O2S. The third-order valence-corrected chi connectivity index (χ3v) is 5.13. The van der Waals surface area contributed by atoms with E-state index < -0.39 is 0 Å². The fourth-order valence-corrected chi connectivity index (χ4v) is 3.67. The number of carbonyl (C=O) groups excluding carboxylic acids is 1. The Morgan fingerprint density at radius 2 is 2.04 bits per heavy atom. The summed E-state index contributed by atoms with van der Waals surface area (Å²) in [5.74, 6) is 0.378. The zero-order valence-corrected chi connectivity index (χ0v) is 14.5. The predicted molar refractivity (Wildman–Crippen MR) is 95.2 cm³/mol. The fourth-order valence-electron chi connectivity index (χ4n) is 2.88. The van der Waals surface area contributed by atoms with E-state index in [1.807, 2.05) is 23.1 Å². The molecule has 25 heavy (non-hydrogen) atoms. The van der Waals surface area contributed by atoms with Gasteiger partial charge in [-0.3, -0.25) is 14.7 Å². The summed E-state index contributed by atoms with van der Waals surface area (Å²) >= 11 is 1.62. The molecule has 0 aromatic carbocycles. The normalized spacial score (nSPS) is 15.4. The second-order valence-corrected chi connectivity index (χ2v) is 6.76. The molecule has 0 atom stereocenters. The van der Waals surface area contributed by atoms with Crippen LogP contribution >= 0.6 is 11.3 Å². The summed E-state index contributed by atoms with van der Waals surface area (Å²) in [6.07, 6.45) is 3.32. The lowest BCUT2D eigenvalue weighted by atomic mass is 10.2. The van der Waals surface area contributed by atoms with Crippen LogP contribution in [0, 0.1) is 0 Å². The molecule has 0 aliphatic carbocycles. The molecule has 1 amide bonds. The molecule has 3 aromatic rings. The van der Waals surface area contributed by atoms with Gasteiger partial charge in [0.2, 0.25) is 0 Å². The largest absolute Gasteiger partial charge is 0.459 e. The molecule has 128 valence electrons. The van der Waals surface area contributed by atoms with Gasteiger partial charge in [0, 0.05) is 44.3 Å². The van der Waals surface area contributed by atoms with Crippen molar-refractivity contribution in [3.05, 3.63) is 59.6 Å². The zero-order valence-electron chi connectivity index (χ0n) is 13.7. The third kappa shape index (κ3) is 3.62. The average Bonchev–Trinajstić information content (AvgIpc) is 3.35. The van der Waals surface area contributed by atoms with E-state index in [0.29, 0.717) is 18.8 Å². The van der Waals surface area contributed by atoms with Gasteiger partial charge in [-0.1, -0.05) is 6.07 Å². The van der Waals surface area contributed by atoms with Gasteiger partial charge in [0.1, 0.15) is 5.01 Å². The number of hydrogen-bond donors (Lipinski definition) is 0. The molecule has 4 rings (SSSR count). The number of thiazole rings is 1. The Labute approximate surface area is 149 Å². The summed E-state index contributed by atoms with van der Waals surface area (Å²) in [5.41, 5.74) is 1.96. The van der Waals surface area contributed by atoms with Crippen LogP contribution in [0.1, 0.15) is 16.2 Å². The summed E-state index contributed by atoms with van der Waals surface area (Å²) < 4.78 is 5.20. The van der Waals surface area contributed by atoms with Crippen molar-refractivity contribution in [1.29, 1.82) is 0 Å². The quantitative estimate of drug-likeness (QED) is 0.721. The molecule has 1 aliphatic rings. The SMILES string of the molecule is O=C(c1ccco1)N1CCN(Cc2csc(-c3ccccn3)n2)CC1. The number of hydrogen-bond acceptors (Lipinski definition) is 6. The summed E-state index contributed by atoms with van der Waals surface area (Å²) in [4.78, 5) is 25.5. The summed E-state index contributed by atoms with van der Waals surface area (Å²) in [5, 5.41) is 3.03. The maximum Gasteiger partial charge on any atom is 0.289 e. The van der Waals surface area contributed by atoms with Crippen LogP contribution in [0.3, 0.4) is 0 Å². The van der Waals surface area contributed by atoms with E-state index in [-0.39, 0.29) is 5.91 Å². The Kier molecular flexibility index (Phi) is 4.58. The standard InChI is InChI=1S/C18H18N4O2S/c23-18(16-5-3-11-24-16)22-9-7-21(8-10-22)12-14-13-25-17(20-14)15-4-1-2-6-19-15/h1-6,11,13H,7-10,12H2. The van der Waals surface area contributed by atoms with Gasteiger partial charge in [-0.2, -0.15) is 0 Å². The lowest BCUT2D eigenvalue weighted by Gasteiger charge is -2.33. The monoisotopic (exact) mass is 354 g/mol. The van der Waals surface area contributed by atoms with Gasteiger partial charge in [0.05, 0.1) is 17.7 Å². The van der Waals surface area contributed by atoms with Crippen molar-refractivity contribution in [2.45, 2.75) is 6.54 Å². The third-order valence-electron chi connectivity index (χ3n) is 4.21. The van der Waals surface area contributed by atoms with Crippen molar-refractivity contribution < 1.29 is 9.21 Å². The zero-order chi connectivity index (χ0) is 17.1. The molecule has 0 bridgehead atoms. The highest BCUT2D eigenvalue weighted by Crippen LogP contribution is 2.22. The Balaban J connectivity index is 1.33. The first-order chi connectivity index (χ1) is 12.3. The van der Waals surface area contributed by atoms with Crippen LogP contribution in [-0.2, 0) is 6.54 Å². The van der Waals surface area contributed by atoms with Crippen LogP contribution in [0.15, 0.2) is 52.6 Å². The number of carbonyl (C=O) groups is 1. The van der Waals surface area contributed by atoms with E-state index in [0.717, 1.165) is 36.0 Å². The number of amides is 1. The van der Waals surface area contributed by atoms with E-state index in [4.69, 9.17) is 4.42 Å². The molecular weight excluding hydrogens is 336 g/mol. The molecule has 0 radical (unpaired) electrons. The Morgan fingerprint density at radius 3 is 2.76 bits per heavy atom. The van der Waals surface area contributed by atoms with Gasteiger partial charge < -0.3 is 9.32 Å². The van der Waals surface area contributed by atoms with Crippen LogP contribution in [0.5, 0.6) is 0 Å². The van der Waals surface area contributed by atoms with Crippen molar-refractivity contribution in [3.8, 4) is 10.7 Å². The van der Waals surface area contributed by atoms with Crippen LogP contribution in [0.25, 0.3) is 10.7 Å². The minimum Gasteiger partial charge on any atom is -0.459 e. The topological polar surface area (TPSA) is 62.5 Å². The van der Waals surface area contributed by atoms with Gasteiger partial charge >= 0.3 is 0 Å². The van der Waals surface area contributed by atoms with E-state index in [2.05, 4.69) is 20.2 Å². The Hall–Kier alpha value is -2.51. The van der Waals surface area contributed by atoms with Gasteiger partial charge in [-0.05, 0) is 24.3 Å². The van der Waals surface area contributed by atoms with Gasteiger partial charge in [0.25, 0.3) is 5.91 Å². The number of rotatable bonds is 4. The minimum atomic E-state index is -0.0317. The van der Waals surface area contributed by atoms with Crippen molar-refractivity contribution in [3.63, 3.8) is 0 Å². The lowest BCUT2D eigenvalue weighted by Crippen LogP contribution is -2.48. The number of pyridine rings is 1. The van der Waals surface area contributed by atoms with Gasteiger partial charge in [-0.15, -0.1) is 11.3 Å². The smallest absolute Gasteiger partial charge is 0.289 e. The summed E-state index contributed by atoms with van der Waals surface area (Å²) in [6.45, 7) is 3.88. The van der Waals surface area contributed by atoms with Crippen LogP contribution < -0.4 is 0 Å². The Morgan fingerprint density at radius 1 is 1.16 bits per heavy atom. The number of aromatic nitrogens is 2. The molecule has 4 heterocycles. The first-order valence-electron chi connectivity index (χ1n) is 8.20. The highest BCUT2D eigenvalue weighted by molar-refractivity contribution is 7.13. The molecule has 1 fully saturated rings. The van der Waals surface area contributed by atoms with E-state index in [1.165, 1.54) is 6.26 Å². The van der Waals surface area contributed by atoms with Crippen molar-refractivity contribution in [2.75, 3.05) is 26.2 Å². The van der Waals surface area contributed by atoms with E-state index >= 15 is 0 Å². The Bertz CT molecular complexity index is 824. The van der Waals surface area contributed by atoms with Gasteiger partial charge in [-0.25, -0.2) is 4.98 Å². The van der Waals surface area contributed by atoms with Crippen LogP contribution in [0.2, 0.25) is 0 Å². The highest BCUT2D eigenvalue weighted by atomic mass is 32.1. The molecule has 1 saturated heterocycles. The second kappa shape index (κ2) is 7.16. The number of piperazine rings is 1. The summed E-state index contributed by atoms with van der Waals surface area (Å²) in [7, 11) is 0. The lowest BCUT2D eigenvalue weighted by molar-refractivity contribution is 0.0596. The molecule has 0 unspecified atom stereocenters.